The van der Waals surface area contributed by atoms with E-state index in [9.17, 15) is 12.6 Å². The minimum Gasteiger partial charge on any atom is -0.260 e. The molecule has 0 aliphatic carbocycles. The summed E-state index contributed by atoms with van der Waals surface area (Å²) in [5, 5.41) is 0. The number of rotatable bonds is 6. The Morgan fingerprint density at radius 3 is 2.56 bits per heavy atom. The third-order valence-corrected chi connectivity index (χ3v) is 6.36. The molecule has 0 saturated heterocycles. The lowest BCUT2D eigenvalue weighted by molar-refractivity contribution is 0.583. The lowest BCUT2D eigenvalue weighted by atomic mass is 10.4. The first-order valence-electron chi connectivity index (χ1n) is 5.16. The minimum atomic E-state index is -3.56. The molecule has 1 unspecified atom stereocenters. The van der Waals surface area contributed by atoms with Crippen molar-refractivity contribution in [2.45, 2.75) is 11.8 Å². The Bertz CT molecular complexity index is 546. The normalized spacial score (nSPS) is 13.5. The number of benzene rings is 1. The molecule has 0 aliphatic rings. The highest BCUT2D eigenvalue weighted by atomic mass is 79.9. The average Bonchev–Trinajstić information content (AvgIpc) is 2.27. The molecule has 1 aromatic rings. The van der Waals surface area contributed by atoms with Crippen molar-refractivity contribution >= 4 is 52.7 Å². The van der Waals surface area contributed by atoms with Gasteiger partial charge in [-0.2, -0.15) is 0 Å². The zero-order valence-corrected chi connectivity index (χ0v) is 14.5. The van der Waals surface area contributed by atoms with Crippen molar-refractivity contribution in [2.24, 2.45) is 0 Å². The molecular formula is C10H13Br2NO3S2. The van der Waals surface area contributed by atoms with Crippen LogP contribution in [0.15, 0.2) is 32.0 Å². The van der Waals surface area contributed by atoms with Crippen molar-refractivity contribution in [3.63, 3.8) is 0 Å². The van der Waals surface area contributed by atoms with Crippen molar-refractivity contribution < 1.29 is 12.6 Å². The summed E-state index contributed by atoms with van der Waals surface area (Å²) >= 11 is 6.47. The molecule has 1 N–H and O–H groups in total. The van der Waals surface area contributed by atoms with Crippen molar-refractivity contribution in [1.82, 2.24) is 4.72 Å². The Morgan fingerprint density at radius 2 is 2.00 bits per heavy atom. The van der Waals surface area contributed by atoms with Gasteiger partial charge in [0.15, 0.2) is 0 Å². The second-order valence-electron chi connectivity index (χ2n) is 3.41. The molecule has 0 spiro atoms. The molecule has 0 aliphatic heterocycles. The Balaban J connectivity index is 2.77. The van der Waals surface area contributed by atoms with E-state index in [4.69, 9.17) is 0 Å². The molecule has 0 heterocycles. The molecule has 1 atom stereocenters. The predicted molar refractivity (Wildman–Crippen MR) is 80.6 cm³/mol. The van der Waals surface area contributed by atoms with Crippen LogP contribution in [0.2, 0.25) is 0 Å². The van der Waals surface area contributed by atoms with E-state index < -0.39 is 20.8 Å². The van der Waals surface area contributed by atoms with E-state index in [0.29, 0.717) is 16.0 Å². The van der Waals surface area contributed by atoms with Gasteiger partial charge in [0.25, 0.3) is 0 Å². The highest BCUT2D eigenvalue weighted by Crippen LogP contribution is 2.25. The fourth-order valence-electron chi connectivity index (χ4n) is 1.21. The summed E-state index contributed by atoms with van der Waals surface area (Å²) in [5.41, 5.74) is 0. The Kier molecular flexibility index (Phi) is 6.46. The lowest BCUT2D eigenvalue weighted by Crippen LogP contribution is -2.28. The first-order valence-corrected chi connectivity index (χ1v) is 9.72. The Labute approximate surface area is 126 Å². The summed E-state index contributed by atoms with van der Waals surface area (Å²) in [6.45, 7) is 1.97. The van der Waals surface area contributed by atoms with Crippen LogP contribution in [0.4, 0.5) is 0 Å². The third kappa shape index (κ3) is 4.73. The van der Waals surface area contributed by atoms with Gasteiger partial charge in [-0.3, -0.25) is 4.21 Å². The Hall–Kier alpha value is 0.240. The van der Waals surface area contributed by atoms with Crippen LogP contribution in [0.3, 0.4) is 0 Å². The van der Waals surface area contributed by atoms with Crippen molar-refractivity contribution in [1.29, 1.82) is 0 Å². The second kappa shape index (κ2) is 7.14. The van der Waals surface area contributed by atoms with Crippen LogP contribution >= 0.6 is 31.9 Å². The van der Waals surface area contributed by atoms with Gasteiger partial charge in [-0.05, 0) is 34.1 Å². The fourth-order valence-corrected chi connectivity index (χ4v) is 4.73. The Morgan fingerprint density at radius 1 is 1.33 bits per heavy atom. The summed E-state index contributed by atoms with van der Waals surface area (Å²) in [6.07, 6.45) is 0. The summed E-state index contributed by atoms with van der Waals surface area (Å²) in [7, 11) is -4.54. The smallest absolute Gasteiger partial charge is 0.241 e. The number of sulfonamides is 1. The lowest BCUT2D eigenvalue weighted by Gasteiger charge is -2.08. The van der Waals surface area contributed by atoms with Gasteiger partial charge in [-0.15, -0.1) is 0 Å². The summed E-state index contributed by atoms with van der Waals surface area (Å²) in [5.74, 6) is 0.855. The number of hydrogen-bond acceptors (Lipinski definition) is 3. The fraction of sp³-hybridized carbons (Fsp3) is 0.400. The van der Waals surface area contributed by atoms with Crippen LogP contribution in [0.25, 0.3) is 0 Å². The van der Waals surface area contributed by atoms with Crippen molar-refractivity contribution in [2.75, 3.05) is 18.1 Å². The molecule has 0 bridgehead atoms. The number of nitrogens with one attached hydrogen (secondary N) is 1. The van der Waals surface area contributed by atoms with Gasteiger partial charge in [0.2, 0.25) is 10.0 Å². The molecule has 0 saturated carbocycles. The zero-order chi connectivity index (χ0) is 13.8. The van der Waals surface area contributed by atoms with Crippen LogP contribution in [0.5, 0.6) is 0 Å². The average molecular weight is 419 g/mol. The van der Waals surface area contributed by atoms with E-state index in [1.165, 1.54) is 6.07 Å². The molecule has 4 nitrogen and oxygen atoms in total. The van der Waals surface area contributed by atoms with Crippen molar-refractivity contribution in [3.8, 4) is 0 Å². The standard InChI is InChI=1S/C10H13Br2NO3S2/c1-2-17(14)6-5-13-18(15,16)10-4-3-8(11)7-9(10)12/h3-4,7,13H,2,5-6H2,1H3. The van der Waals surface area contributed by atoms with Gasteiger partial charge in [-0.25, -0.2) is 13.1 Å². The van der Waals surface area contributed by atoms with Crippen LogP contribution < -0.4 is 4.72 Å². The first-order chi connectivity index (χ1) is 8.36. The van der Waals surface area contributed by atoms with Gasteiger partial charge in [0.1, 0.15) is 0 Å². The monoisotopic (exact) mass is 417 g/mol. The van der Waals surface area contributed by atoms with E-state index >= 15 is 0 Å². The maximum atomic E-state index is 12.0. The second-order valence-corrected chi connectivity index (χ2v) is 8.78. The van der Waals surface area contributed by atoms with Crippen molar-refractivity contribution in [3.05, 3.63) is 27.1 Å². The van der Waals surface area contributed by atoms with Gasteiger partial charge < -0.3 is 0 Å². The zero-order valence-electron chi connectivity index (χ0n) is 9.65. The molecule has 0 aromatic heterocycles. The van der Waals surface area contributed by atoms with Gasteiger partial charge in [0, 0.05) is 37.8 Å². The summed E-state index contributed by atoms with van der Waals surface area (Å²) in [6, 6.07) is 4.83. The quantitative estimate of drug-likeness (QED) is 0.770. The topological polar surface area (TPSA) is 63.2 Å². The van der Waals surface area contributed by atoms with Crippen LogP contribution in [0.1, 0.15) is 6.92 Å². The van der Waals surface area contributed by atoms with Gasteiger partial charge in [-0.1, -0.05) is 22.9 Å². The minimum absolute atomic E-state index is 0.172. The molecule has 1 aromatic carbocycles. The van der Waals surface area contributed by atoms with Gasteiger partial charge >= 0.3 is 0 Å². The van der Waals surface area contributed by atoms with E-state index in [1.807, 2.05) is 0 Å². The van der Waals surface area contributed by atoms with Crippen LogP contribution in [0, 0.1) is 0 Å². The molecule has 0 amide bonds. The highest BCUT2D eigenvalue weighted by Gasteiger charge is 2.17. The molecule has 102 valence electrons. The van der Waals surface area contributed by atoms with E-state index in [0.717, 1.165) is 4.47 Å². The number of hydrogen-bond donors (Lipinski definition) is 1. The maximum absolute atomic E-state index is 12.0. The molecule has 0 radical (unpaired) electrons. The molecule has 1 rings (SSSR count). The van der Waals surface area contributed by atoms with Crippen LogP contribution in [-0.2, 0) is 20.8 Å². The van der Waals surface area contributed by atoms with E-state index in [2.05, 4.69) is 36.6 Å². The molecule has 8 heteroatoms. The molecular weight excluding hydrogens is 406 g/mol. The third-order valence-electron chi connectivity index (χ3n) is 2.13. The molecule has 0 fully saturated rings. The highest BCUT2D eigenvalue weighted by molar-refractivity contribution is 9.11. The van der Waals surface area contributed by atoms with Gasteiger partial charge in [0.05, 0.1) is 4.90 Å². The van der Waals surface area contributed by atoms with E-state index in [-0.39, 0.29) is 11.4 Å². The van der Waals surface area contributed by atoms with Crippen LogP contribution in [-0.4, -0.2) is 30.7 Å². The van der Waals surface area contributed by atoms with E-state index in [1.54, 1.807) is 19.1 Å². The summed E-state index contributed by atoms with van der Waals surface area (Å²) in [4.78, 5) is 0.174. The largest absolute Gasteiger partial charge is 0.260 e. The SMILES string of the molecule is CCS(=O)CCNS(=O)(=O)c1ccc(Br)cc1Br. The summed E-state index contributed by atoms with van der Waals surface area (Å²) < 4.78 is 38.9. The molecule has 18 heavy (non-hydrogen) atoms. The first kappa shape index (κ1) is 16.3. The number of halogens is 2. The predicted octanol–water partition coefficient (Wildman–Crippen LogP) is 2.26. The maximum Gasteiger partial charge on any atom is 0.241 e.